The fraction of sp³-hybridized carbons (Fsp3) is 0.519. The molecule has 1 aliphatic carbocycles. The number of methoxy groups -OCH3 is 1. The van der Waals surface area contributed by atoms with Crippen LogP contribution in [0.15, 0.2) is 18.3 Å². The summed E-state index contributed by atoms with van der Waals surface area (Å²) in [6.45, 7) is 4.68. The number of amides is 2. The summed E-state index contributed by atoms with van der Waals surface area (Å²) < 4.78 is 11.5. The van der Waals surface area contributed by atoms with Gasteiger partial charge in [0, 0.05) is 29.3 Å². The molecule has 0 bridgehead atoms. The van der Waals surface area contributed by atoms with E-state index in [0.29, 0.717) is 36.0 Å². The minimum atomic E-state index is -0.572. The molecule has 2 heterocycles. The highest BCUT2D eigenvalue weighted by Gasteiger charge is 2.31. The van der Waals surface area contributed by atoms with E-state index in [9.17, 15) is 9.59 Å². The first kappa shape index (κ1) is 23.9. The van der Waals surface area contributed by atoms with Crippen molar-refractivity contribution in [3.63, 3.8) is 0 Å². The van der Waals surface area contributed by atoms with Crippen LogP contribution in [-0.4, -0.2) is 36.6 Å². The Kier molecular flexibility index (Phi) is 7.26. The number of nitrogens with zero attached hydrogens (tertiary/aromatic N) is 1. The number of rotatable bonds is 6. The van der Waals surface area contributed by atoms with Gasteiger partial charge >= 0.3 is 0 Å². The van der Waals surface area contributed by atoms with Gasteiger partial charge in [-0.1, -0.05) is 32.1 Å². The lowest BCUT2D eigenvalue weighted by atomic mass is 9.83. The topological polar surface area (TPSA) is 104 Å². The number of nitrogens with one attached hydrogen (secondary N) is 1. The molecule has 180 valence electrons. The molecule has 7 nitrogen and oxygen atoms in total. The third-order valence-electron chi connectivity index (χ3n) is 7.15. The van der Waals surface area contributed by atoms with E-state index in [-0.39, 0.29) is 23.4 Å². The van der Waals surface area contributed by atoms with Crippen molar-refractivity contribution in [2.75, 3.05) is 13.7 Å². The van der Waals surface area contributed by atoms with Gasteiger partial charge in [0.25, 0.3) is 5.91 Å². The molecule has 1 unspecified atom stereocenters. The number of benzene rings is 1. The molecule has 1 aromatic heterocycles. The van der Waals surface area contributed by atoms with Gasteiger partial charge in [-0.25, -0.2) is 4.98 Å². The van der Waals surface area contributed by atoms with Crippen LogP contribution in [0.2, 0.25) is 0 Å². The maximum absolute atomic E-state index is 12.1. The van der Waals surface area contributed by atoms with Crippen molar-refractivity contribution in [1.82, 2.24) is 10.3 Å². The van der Waals surface area contributed by atoms with Crippen molar-refractivity contribution < 1.29 is 19.1 Å². The summed E-state index contributed by atoms with van der Waals surface area (Å²) in [5.74, 6) is 8.34. The maximum atomic E-state index is 12.1. The zero-order valence-electron chi connectivity index (χ0n) is 20.1. The van der Waals surface area contributed by atoms with Crippen LogP contribution in [0.3, 0.4) is 0 Å². The fourth-order valence-corrected chi connectivity index (χ4v) is 4.94. The summed E-state index contributed by atoms with van der Waals surface area (Å²) in [4.78, 5) is 28.5. The normalized spacial score (nSPS) is 24.3. The Balaban J connectivity index is 1.69. The highest BCUT2D eigenvalue weighted by Crippen LogP contribution is 2.34. The van der Waals surface area contributed by atoms with Gasteiger partial charge in [0.05, 0.1) is 24.3 Å². The van der Waals surface area contributed by atoms with Crippen LogP contribution in [0, 0.1) is 29.6 Å². The van der Waals surface area contributed by atoms with Gasteiger partial charge < -0.3 is 20.5 Å². The second-order valence-corrected chi connectivity index (χ2v) is 9.52. The van der Waals surface area contributed by atoms with E-state index >= 15 is 0 Å². The van der Waals surface area contributed by atoms with Crippen LogP contribution >= 0.6 is 0 Å². The van der Waals surface area contributed by atoms with Crippen molar-refractivity contribution in [1.29, 1.82) is 0 Å². The van der Waals surface area contributed by atoms with Crippen LogP contribution < -0.4 is 20.5 Å². The van der Waals surface area contributed by atoms with Crippen LogP contribution in [0.4, 0.5) is 0 Å². The van der Waals surface area contributed by atoms with Gasteiger partial charge in [-0.3, -0.25) is 9.59 Å². The number of ether oxygens (including phenoxy) is 2. The second kappa shape index (κ2) is 10.3. The number of primary amides is 1. The SMILES string of the molecule is CCC1CC(=O)N[C@@H]1COc1ncc(C#C[C@H]2CC[C@H](C)CC2)c2cc(C(N)=O)c(OC)cc12. The minimum Gasteiger partial charge on any atom is -0.496 e. The van der Waals surface area contributed by atoms with Crippen LogP contribution in [-0.2, 0) is 4.79 Å². The summed E-state index contributed by atoms with van der Waals surface area (Å²) in [5, 5.41) is 4.44. The lowest BCUT2D eigenvalue weighted by Gasteiger charge is -2.22. The molecule has 1 saturated carbocycles. The molecule has 2 fully saturated rings. The molecular formula is C27H33N3O4. The van der Waals surface area contributed by atoms with E-state index in [1.165, 1.54) is 20.0 Å². The zero-order valence-corrected chi connectivity index (χ0v) is 20.1. The lowest BCUT2D eigenvalue weighted by molar-refractivity contribution is -0.119. The standard InChI is InChI=1S/C27H33N3O4/c1-4-18-11-25(31)30-23(18)15-34-27-21-13-24(33-3)22(26(28)32)12-20(21)19(14-29-27)10-9-17-7-5-16(2)6-8-17/h12-14,16-18,23H,4-8,11,15H2,1-3H3,(H2,28,32)(H,30,31)/t16-,17-,18?,23-/m1/s1. The third kappa shape index (κ3) is 5.11. The van der Waals surface area contributed by atoms with Gasteiger partial charge in [-0.2, -0.15) is 0 Å². The first-order valence-electron chi connectivity index (χ1n) is 12.1. The molecule has 2 aromatic rings. The highest BCUT2D eigenvalue weighted by atomic mass is 16.5. The summed E-state index contributed by atoms with van der Waals surface area (Å²) in [6.07, 6.45) is 7.71. The van der Waals surface area contributed by atoms with Gasteiger partial charge in [0.2, 0.25) is 11.8 Å². The number of hydrogen-bond donors (Lipinski definition) is 2. The lowest BCUT2D eigenvalue weighted by Crippen LogP contribution is -2.34. The number of fused-ring (bicyclic) bond motifs is 1. The molecule has 2 amide bonds. The van der Waals surface area contributed by atoms with Gasteiger partial charge in [0.15, 0.2) is 0 Å². The highest BCUT2D eigenvalue weighted by molar-refractivity contribution is 6.03. The summed E-state index contributed by atoms with van der Waals surface area (Å²) in [7, 11) is 1.50. The molecule has 3 N–H and O–H groups in total. The summed E-state index contributed by atoms with van der Waals surface area (Å²) in [6, 6.07) is 3.38. The zero-order chi connectivity index (χ0) is 24.2. The Morgan fingerprint density at radius 1 is 1.24 bits per heavy atom. The third-order valence-corrected chi connectivity index (χ3v) is 7.15. The Morgan fingerprint density at radius 2 is 2.00 bits per heavy atom. The maximum Gasteiger partial charge on any atom is 0.252 e. The van der Waals surface area contributed by atoms with E-state index in [0.717, 1.165) is 36.1 Å². The summed E-state index contributed by atoms with van der Waals surface area (Å²) in [5.41, 5.74) is 6.63. The van der Waals surface area contributed by atoms with Gasteiger partial charge in [0.1, 0.15) is 12.4 Å². The Labute approximate surface area is 200 Å². The number of hydrogen-bond acceptors (Lipinski definition) is 5. The Hall–Kier alpha value is -3.27. The number of carbonyl (C=O) groups is 2. The first-order chi connectivity index (χ1) is 16.4. The number of nitrogens with two attached hydrogens (primary N) is 1. The molecular weight excluding hydrogens is 430 g/mol. The van der Waals surface area contributed by atoms with Crippen molar-refractivity contribution in [2.24, 2.45) is 23.5 Å². The predicted octanol–water partition coefficient (Wildman–Crippen LogP) is 3.81. The first-order valence-corrected chi connectivity index (χ1v) is 12.1. The predicted molar refractivity (Wildman–Crippen MR) is 131 cm³/mol. The molecule has 2 aliphatic rings. The van der Waals surface area contributed by atoms with Crippen LogP contribution in [0.1, 0.15) is 68.3 Å². The van der Waals surface area contributed by atoms with Crippen molar-refractivity contribution in [3.05, 3.63) is 29.5 Å². The average Bonchev–Trinajstić information content (AvgIpc) is 3.21. The number of aromatic nitrogens is 1. The molecule has 1 aliphatic heterocycles. The minimum absolute atomic E-state index is 0.0498. The molecule has 2 atom stereocenters. The molecule has 34 heavy (non-hydrogen) atoms. The van der Waals surface area contributed by atoms with Crippen molar-refractivity contribution >= 4 is 22.6 Å². The van der Waals surface area contributed by atoms with Crippen LogP contribution in [0.25, 0.3) is 10.8 Å². The Bertz CT molecular complexity index is 1140. The molecule has 1 aromatic carbocycles. The molecule has 7 heteroatoms. The number of carbonyl (C=O) groups excluding carboxylic acids is 2. The smallest absolute Gasteiger partial charge is 0.252 e. The van der Waals surface area contributed by atoms with E-state index in [2.05, 4.69) is 36.0 Å². The number of pyridine rings is 1. The van der Waals surface area contributed by atoms with Gasteiger partial charge in [-0.15, -0.1) is 0 Å². The van der Waals surface area contributed by atoms with Crippen molar-refractivity contribution in [2.45, 2.75) is 58.4 Å². The van der Waals surface area contributed by atoms with E-state index in [1.54, 1.807) is 18.3 Å². The molecule has 4 rings (SSSR count). The molecule has 0 spiro atoms. The van der Waals surface area contributed by atoms with E-state index in [1.807, 2.05) is 0 Å². The summed E-state index contributed by atoms with van der Waals surface area (Å²) >= 11 is 0. The quantitative estimate of drug-likeness (QED) is 0.634. The second-order valence-electron chi connectivity index (χ2n) is 9.52. The molecule has 1 saturated heterocycles. The van der Waals surface area contributed by atoms with Gasteiger partial charge in [-0.05, 0) is 49.7 Å². The van der Waals surface area contributed by atoms with E-state index < -0.39 is 5.91 Å². The monoisotopic (exact) mass is 463 g/mol. The Morgan fingerprint density at radius 3 is 2.68 bits per heavy atom. The molecule has 0 radical (unpaired) electrons. The average molecular weight is 464 g/mol. The van der Waals surface area contributed by atoms with Crippen molar-refractivity contribution in [3.8, 4) is 23.5 Å². The van der Waals surface area contributed by atoms with E-state index in [4.69, 9.17) is 15.2 Å². The van der Waals surface area contributed by atoms with Crippen LogP contribution in [0.5, 0.6) is 11.6 Å². The largest absolute Gasteiger partial charge is 0.496 e. The fourth-order valence-electron chi connectivity index (χ4n) is 4.94.